The molecule has 3 aromatic rings. The standard InChI is InChI=1S/C14H11ClFN3OS/c1-7-5-9(13(17)21-7)14-18-12(19-20-14)6-8-10(15)3-2-4-11(8)16/h2-5H,6,17H2,1H3. The second kappa shape index (κ2) is 5.46. The van der Waals surface area contributed by atoms with Crippen LogP contribution in [0.4, 0.5) is 9.39 Å². The molecule has 0 aliphatic rings. The second-order valence-corrected chi connectivity index (χ2v) is 6.22. The normalized spacial score (nSPS) is 11.0. The molecule has 2 heterocycles. The highest BCUT2D eigenvalue weighted by Gasteiger charge is 2.16. The summed E-state index contributed by atoms with van der Waals surface area (Å²) in [7, 11) is 0. The molecule has 0 aliphatic carbocycles. The van der Waals surface area contributed by atoms with Crippen molar-refractivity contribution < 1.29 is 8.91 Å². The number of halogens is 2. The molecule has 0 unspecified atom stereocenters. The minimum Gasteiger partial charge on any atom is -0.390 e. The predicted octanol–water partition coefficient (Wildman–Crippen LogP) is 4.07. The van der Waals surface area contributed by atoms with Crippen molar-refractivity contribution in [2.24, 2.45) is 0 Å². The Hall–Kier alpha value is -1.92. The number of aryl methyl sites for hydroxylation is 1. The minimum atomic E-state index is -0.389. The summed E-state index contributed by atoms with van der Waals surface area (Å²) in [6.45, 7) is 1.95. The maximum absolute atomic E-state index is 13.7. The Balaban J connectivity index is 1.91. The number of nitrogens with zero attached hydrogens (tertiary/aromatic N) is 2. The number of nitrogens with two attached hydrogens (primary N) is 1. The van der Waals surface area contributed by atoms with Crippen LogP contribution < -0.4 is 5.73 Å². The maximum atomic E-state index is 13.7. The van der Waals surface area contributed by atoms with Gasteiger partial charge < -0.3 is 10.3 Å². The summed E-state index contributed by atoms with van der Waals surface area (Å²) in [6, 6.07) is 6.41. The summed E-state index contributed by atoms with van der Waals surface area (Å²) >= 11 is 7.44. The number of hydrogen-bond acceptors (Lipinski definition) is 5. The van der Waals surface area contributed by atoms with Crippen LogP contribution in [0.5, 0.6) is 0 Å². The van der Waals surface area contributed by atoms with Crippen LogP contribution in [0.25, 0.3) is 11.5 Å². The van der Waals surface area contributed by atoms with Crippen molar-refractivity contribution in [2.45, 2.75) is 13.3 Å². The summed E-state index contributed by atoms with van der Waals surface area (Å²) in [5.41, 5.74) is 6.95. The average molecular weight is 324 g/mol. The molecule has 0 saturated carbocycles. The Kier molecular flexibility index (Phi) is 3.65. The zero-order valence-electron chi connectivity index (χ0n) is 11.1. The van der Waals surface area contributed by atoms with E-state index < -0.39 is 0 Å². The Labute approximate surface area is 129 Å². The van der Waals surface area contributed by atoms with Gasteiger partial charge in [-0.25, -0.2) is 4.39 Å². The number of aromatic nitrogens is 2. The summed E-state index contributed by atoms with van der Waals surface area (Å²) in [5.74, 6) is 0.305. The minimum absolute atomic E-state index is 0.165. The quantitative estimate of drug-likeness (QED) is 0.789. The van der Waals surface area contributed by atoms with Gasteiger partial charge in [0.15, 0.2) is 5.82 Å². The van der Waals surface area contributed by atoms with Crippen LogP contribution in [0.1, 0.15) is 16.3 Å². The van der Waals surface area contributed by atoms with Crippen molar-refractivity contribution in [1.82, 2.24) is 10.1 Å². The molecule has 7 heteroatoms. The molecule has 0 atom stereocenters. The molecule has 0 fully saturated rings. The highest BCUT2D eigenvalue weighted by Crippen LogP contribution is 2.32. The first kappa shape index (κ1) is 14.0. The lowest BCUT2D eigenvalue weighted by molar-refractivity contribution is 0.424. The zero-order chi connectivity index (χ0) is 15.0. The molecule has 108 valence electrons. The number of thiophene rings is 1. The molecule has 21 heavy (non-hydrogen) atoms. The molecular weight excluding hydrogens is 313 g/mol. The fourth-order valence-electron chi connectivity index (χ4n) is 1.99. The van der Waals surface area contributed by atoms with Crippen molar-refractivity contribution in [3.8, 4) is 11.5 Å². The molecule has 2 N–H and O–H groups in total. The van der Waals surface area contributed by atoms with Gasteiger partial charge in [-0.15, -0.1) is 11.3 Å². The van der Waals surface area contributed by atoms with Gasteiger partial charge >= 0.3 is 0 Å². The van der Waals surface area contributed by atoms with Crippen LogP contribution in [-0.4, -0.2) is 10.1 Å². The van der Waals surface area contributed by atoms with Gasteiger partial charge in [0, 0.05) is 21.9 Å². The Morgan fingerprint density at radius 3 is 2.90 bits per heavy atom. The van der Waals surface area contributed by atoms with Crippen LogP contribution in [-0.2, 0) is 6.42 Å². The highest BCUT2D eigenvalue weighted by molar-refractivity contribution is 7.16. The Morgan fingerprint density at radius 2 is 2.24 bits per heavy atom. The molecule has 0 amide bonds. The van der Waals surface area contributed by atoms with E-state index >= 15 is 0 Å². The van der Waals surface area contributed by atoms with Gasteiger partial charge in [-0.1, -0.05) is 22.8 Å². The van der Waals surface area contributed by atoms with Crippen LogP contribution in [0.2, 0.25) is 5.02 Å². The van der Waals surface area contributed by atoms with E-state index in [0.717, 1.165) is 4.88 Å². The van der Waals surface area contributed by atoms with Gasteiger partial charge in [0.2, 0.25) is 0 Å². The molecule has 0 aliphatic heterocycles. The third kappa shape index (κ3) is 2.77. The molecule has 0 spiro atoms. The third-order valence-electron chi connectivity index (χ3n) is 2.98. The van der Waals surface area contributed by atoms with E-state index in [-0.39, 0.29) is 12.2 Å². The lowest BCUT2D eigenvalue weighted by atomic mass is 10.1. The van der Waals surface area contributed by atoms with Crippen molar-refractivity contribution in [2.75, 3.05) is 5.73 Å². The van der Waals surface area contributed by atoms with Gasteiger partial charge in [0.1, 0.15) is 5.82 Å². The van der Waals surface area contributed by atoms with Gasteiger partial charge in [-0.2, -0.15) is 4.98 Å². The van der Waals surface area contributed by atoms with Crippen LogP contribution in [0.15, 0.2) is 28.8 Å². The number of anilines is 1. The van der Waals surface area contributed by atoms with Gasteiger partial charge in [-0.3, -0.25) is 0 Å². The zero-order valence-corrected chi connectivity index (χ0v) is 12.6. The highest BCUT2D eigenvalue weighted by atomic mass is 35.5. The number of benzene rings is 1. The van der Waals surface area contributed by atoms with Crippen molar-refractivity contribution in [3.05, 3.63) is 51.4 Å². The van der Waals surface area contributed by atoms with Crippen molar-refractivity contribution in [1.29, 1.82) is 0 Å². The summed E-state index contributed by atoms with van der Waals surface area (Å²) < 4.78 is 18.9. The molecule has 0 saturated heterocycles. The first-order valence-corrected chi connectivity index (χ1v) is 7.36. The lowest BCUT2D eigenvalue weighted by Crippen LogP contribution is -1.96. The van der Waals surface area contributed by atoms with E-state index in [2.05, 4.69) is 10.1 Å². The first-order valence-electron chi connectivity index (χ1n) is 6.16. The van der Waals surface area contributed by atoms with Gasteiger partial charge in [0.05, 0.1) is 10.6 Å². The molecule has 0 radical (unpaired) electrons. The largest absolute Gasteiger partial charge is 0.390 e. The SMILES string of the molecule is Cc1cc(-c2nc(Cc3c(F)cccc3Cl)no2)c(N)s1. The van der Waals surface area contributed by atoms with Crippen molar-refractivity contribution >= 4 is 27.9 Å². The number of hydrogen-bond donors (Lipinski definition) is 1. The average Bonchev–Trinajstić information content (AvgIpc) is 3.00. The van der Waals surface area contributed by atoms with E-state index in [1.807, 2.05) is 13.0 Å². The number of rotatable bonds is 3. The van der Waals surface area contributed by atoms with Crippen molar-refractivity contribution in [3.63, 3.8) is 0 Å². The first-order chi connectivity index (χ1) is 10.0. The van der Waals surface area contributed by atoms with E-state index in [4.69, 9.17) is 21.9 Å². The Bertz CT molecular complexity index is 779. The molecule has 1 aromatic carbocycles. The smallest absolute Gasteiger partial charge is 0.260 e. The van der Waals surface area contributed by atoms with Gasteiger partial charge in [-0.05, 0) is 25.1 Å². The molecule has 3 rings (SSSR count). The van der Waals surface area contributed by atoms with Crippen LogP contribution in [0, 0.1) is 12.7 Å². The van der Waals surface area contributed by atoms with Crippen LogP contribution in [0.3, 0.4) is 0 Å². The lowest BCUT2D eigenvalue weighted by Gasteiger charge is -2.01. The summed E-state index contributed by atoms with van der Waals surface area (Å²) in [5, 5.41) is 4.82. The molecule has 0 bridgehead atoms. The Morgan fingerprint density at radius 1 is 1.43 bits per heavy atom. The summed E-state index contributed by atoms with van der Waals surface area (Å²) in [6.07, 6.45) is 0.165. The monoisotopic (exact) mass is 323 g/mol. The molecule has 2 aromatic heterocycles. The summed E-state index contributed by atoms with van der Waals surface area (Å²) in [4.78, 5) is 5.31. The molecular formula is C14H11ClFN3OS. The van der Waals surface area contributed by atoms with E-state index in [1.54, 1.807) is 12.1 Å². The fraction of sp³-hybridized carbons (Fsp3) is 0.143. The topological polar surface area (TPSA) is 64.9 Å². The van der Waals surface area contributed by atoms with Gasteiger partial charge in [0.25, 0.3) is 5.89 Å². The number of nitrogen functional groups attached to an aromatic ring is 1. The second-order valence-electron chi connectivity index (χ2n) is 4.53. The molecule has 4 nitrogen and oxygen atoms in total. The third-order valence-corrected chi connectivity index (χ3v) is 4.21. The van der Waals surface area contributed by atoms with Crippen LogP contribution >= 0.6 is 22.9 Å². The predicted molar refractivity (Wildman–Crippen MR) is 81.0 cm³/mol. The fourth-order valence-corrected chi connectivity index (χ4v) is 3.00. The van der Waals surface area contributed by atoms with E-state index in [1.165, 1.54) is 17.4 Å². The maximum Gasteiger partial charge on any atom is 0.260 e. The van der Waals surface area contributed by atoms with E-state index in [0.29, 0.717) is 32.9 Å². The van der Waals surface area contributed by atoms with E-state index in [9.17, 15) is 4.39 Å².